The number of hydrogen-bond acceptors (Lipinski definition) is 6. The molecule has 4 aliphatic carbocycles. The van der Waals surface area contributed by atoms with Gasteiger partial charge in [0.2, 0.25) is 0 Å². The lowest BCUT2D eigenvalue weighted by atomic mass is 9.59. The third-order valence-electron chi connectivity index (χ3n) is 9.33. The third kappa shape index (κ3) is 3.19. The molecule has 2 bridgehead atoms. The molecule has 1 aromatic carbocycles. The first-order chi connectivity index (χ1) is 16.5. The molecule has 0 aliphatic heterocycles. The van der Waals surface area contributed by atoms with Crippen molar-refractivity contribution in [3.05, 3.63) is 64.8 Å². The summed E-state index contributed by atoms with van der Waals surface area (Å²) in [5.41, 5.74) is -1.19. The van der Waals surface area contributed by atoms with E-state index in [4.69, 9.17) is 4.74 Å². The molecule has 6 heteroatoms. The first-order valence-corrected chi connectivity index (χ1v) is 12.4. The Morgan fingerprint density at radius 2 is 1.91 bits per heavy atom. The number of allylic oxidation sites excluding steroid dienone is 1. The monoisotopic (exact) mass is 478 g/mol. The fourth-order valence-electron chi connectivity index (χ4n) is 7.48. The van der Waals surface area contributed by atoms with E-state index in [0.29, 0.717) is 17.6 Å². The summed E-state index contributed by atoms with van der Waals surface area (Å²) in [7, 11) is 0. The van der Waals surface area contributed by atoms with Crippen LogP contribution in [0.15, 0.2) is 59.2 Å². The number of Topliss-reactive ketones (excluding diaryl/α,β-unsaturated/α-hetero) is 1. The maximum atomic E-state index is 14.0. The highest BCUT2D eigenvalue weighted by Crippen LogP contribution is 2.70. The summed E-state index contributed by atoms with van der Waals surface area (Å²) in [6.45, 7) is 7.51. The van der Waals surface area contributed by atoms with E-state index in [2.05, 4.69) is 13.8 Å². The zero-order chi connectivity index (χ0) is 25.3. The number of fused-ring (bicyclic) bond motifs is 4. The van der Waals surface area contributed by atoms with Gasteiger partial charge in [-0.2, -0.15) is 0 Å². The molecule has 0 saturated heterocycles. The van der Waals surface area contributed by atoms with Gasteiger partial charge in [0, 0.05) is 12.5 Å². The van der Waals surface area contributed by atoms with E-state index >= 15 is 0 Å². The molecule has 0 radical (unpaired) electrons. The molecule has 35 heavy (non-hydrogen) atoms. The lowest BCUT2D eigenvalue weighted by molar-refractivity contribution is -0.200. The van der Waals surface area contributed by atoms with E-state index in [0.717, 1.165) is 11.1 Å². The Bertz CT molecular complexity index is 1160. The molecule has 0 aromatic heterocycles. The van der Waals surface area contributed by atoms with Crippen molar-refractivity contribution in [2.24, 2.45) is 28.6 Å². The highest BCUT2D eigenvalue weighted by molar-refractivity contribution is 5.94. The molecule has 2 fully saturated rings. The predicted octanol–water partition coefficient (Wildman–Crippen LogP) is 3.22. The van der Waals surface area contributed by atoms with Gasteiger partial charge >= 0.3 is 5.97 Å². The predicted molar refractivity (Wildman–Crippen MR) is 131 cm³/mol. The smallest absolute Gasteiger partial charge is 0.331 e. The number of aliphatic hydroxyl groups is 3. The van der Waals surface area contributed by atoms with E-state index in [1.165, 1.54) is 6.08 Å². The molecular formula is C29H34O6. The van der Waals surface area contributed by atoms with Gasteiger partial charge in [0.25, 0.3) is 0 Å². The van der Waals surface area contributed by atoms with Gasteiger partial charge in [-0.1, -0.05) is 62.8 Å². The van der Waals surface area contributed by atoms with Crippen molar-refractivity contribution in [2.75, 3.05) is 6.61 Å². The summed E-state index contributed by atoms with van der Waals surface area (Å²) in [6, 6.07) is 9.28. The molecule has 2 saturated carbocycles. The van der Waals surface area contributed by atoms with Crippen LogP contribution in [0.3, 0.4) is 0 Å². The van der Waals surface area contributed by atoms with Crippen molar-refractivity contribution in [3.8, 4) is 0 Å². The zero-order valence-corrected chi connectivity index (χ0v) is 20.7. The van der Waals surface area contributed by atoms with Crippen molar-refractivity contribution in [3.63, 3.8) is 0 Å². The average molecular weight is 479 g/mol. The van der Waals surface area contributed by atoms with E-state index in [-0.39, 0.29) is 35.4 Å². The van der Waals surface area contributed by atoms with E-state index in [1.54, 1.807) is 19.1 Å². The molecule has 3 N–H and O–H groups in total. The Kier molecular flexibility index (Phi) is 5.51. The minimum atomic E-state index is -2.11. The summed E-state index contributed by atoms with van der Waals surface area (Å²) in [4.78, 5) is 26.8. The van der Waals surface area contributed by atoms with Crippen molar-refractivity contribution in [2.45, 2.75) is 58.3 Å². The van der Waals surface area contributed by atoms with Crippen LogP contribution in [0.25, 0.3) is 6.08 Å². The van der Waals surface area contributed by atoms with Gasteiger partial charge < -0.3 is 20.1 Å². The first-order valence-electron chi connectivity index (χ1n) is 12.4. The molecule has 7 unspecified atom stereocenters. The SMILES string of the molecule is CC1=CC23C(=O)CC(=C(CO)C(O)C2(O)C1OC(=O)/C=C/c1ccccc1)C1C(CC3C)C1(C)C. The summed E-state index contributed by atoms with van der Waals surface area (Å²) >= 11 is 0. The second kappa shape index (κ2) is 7.99. The second-order valence-electron chi connectivity index (χ2n) is 11.4. The quantitative estimate of drug-likeness (QED) is 0.349. The van der Waals surface area contributed by atoms with Crippen LogP contribution in [0.4, 0.5) is 0 Å². The highest BCUT2D eigenvalue weighted by Gasteiger charge is 2.74. The number of ketones is 1. The summed E-state index contributed by atoms with van der Waals surface area (Å²) in [5, 5.41) is 34.4. The zero-order valence-electron chi connectivity index (χ0n) is 20.7. The number of benzene rings is 1. The minimum absolute atomic E-state index is 0.0452. The van der Waals surface area contributed by atoms with Gasteiger partial charge in [-0.15, -0.1) is 0 Å². The van der Waals surface area contributed by atoms with Crippen LogP contribution >= 0.6 is 0 Å². The maximum Gasteiger partial charge on any atom is 0.331 e. The van der Waals surface area contributed by atoms with Crippen LogP contribution in [-0.2, 0) is 14.3 Å². The topological polar surface area (TPSA) is 104 Å². The standard InChI is InChI=1S/C29H34O6/c1-16-14-28-17(2)12-21-24(27(21,3)4)19(13-22(28)31)20(15-30)25(33)29(28,34)26(16)35-23(32)11-10-18-8-6-5-7-9-18/h5-11,14,17,21,24-26,30,33-34H,12-13,15H2,1-4H3/b11-10+. The molecule has 5 rings (SSSR count). The second-order valence-corrected chi connectivity index (χ2v) is 11.4. The number of esters is 1. The fourth-order valence-corrected chi connectivity index (χ4v) is 7.48. The van der Waals surface area contributed by atoms with Gasteiger partial charge in [0.1, 0.15) is 11.9 Å². The third-order valence-corrected chi connectivity index (χ3v) is 9.33. The molecule has 0 amide bonds. The van der Waals surface area contributed by atoms with Crippen molar-refractivity contribution >= 4 is 17.8 Å². The number of aliphatic hydroxyl groups excluding tert-OH is 2. The van der Waals surface area contributed by atoms with Crippen LogP contribution in [-0.4, -0.2) is 51.5 Å². The Morgan fingerprint density at radius 1 is 1.23 bits per heavy atom. The van der Waals surface area contributed by atoms with Crippen LogP contribution in [0, 0.1) is 28.6 Å². The normalized spacial score (nSPS) is 39.5. The van der Waals surface area contributed by atoms with Gasteiger partial charge in [-0.05, 0) is 59.3 Å². The first kappa shape index (κ1) is 24.2. The number of ether oxygens (including phenoxy) is 1. The molecule has 0 heterocycles. The molecule has 7 atom stereocenters. The largest absolute Gasteiger partial charge is 0.451 e. The summed E-state index contributed by atoms with van der Waals surface area (Å²) < 4.78 is 5.78. The summed E-state index contributed by atoms with van der Waals surface area (Å²) in [5.74, 6) is -0.796. The van der Waals surface area contributed by atoms with Crippen molar-refractivity contribution in [1.29, 1.82) is 0 Å². The van der Waals surface area contributed by atoms with E-state index < -0.39 is 35.8 Å². The van der Waals surface area contributed by atoms with Crippen LogP contribution in [0.2, 0.25) is 0 Å². The molecule has 6 nitrogen and oxygen atoms in total. The Morgan fingerprint density at radius 3 is 2.57 bits per heavy atom. The Labute approximate surface area is 206 Å². The van der Waals surface area contributed by atoms with E-state index in [1.807, 2.05) is 37.3 Å². The van der Waals surface area contributed by atoms with Crippen LogP contribution in [0.5, 0.6) is 0 Å². The Hall–Kier alpha value is -2.54. The molecule has 1 aromatic rings. The van der Waals surface area contributed by atoms with Gasteiger partial charge in [-0.3, -0.25) is 4.79 Å². The highest BCUT2D eigenvalue weighted by atomic mass is 16.6. The average Bonchev–Trinajstić information content (AvgIpc) is 3.27. The van der Waals surface area contributed by atoms with Crippen LogP contribution < -0.4 is 0 Å². The number of carbonyl (C=O) groups excluding carboxylic acids is 2. The van der Waals surface area contributed by atoms with Gasteiger partial charge in [0.15, 0.2) is 11.7 Å². The van der Waals surface area contributed by atoms with Gasteiger partial charge in [0.05, 0.1) is 12.0 Å². The fraction of sp³-hybridized carbons (Fsp3) is 0.517. The Balaban J connectivity index is 1.58. The van der Waals surface area contributed by atoms with Crippen molar-refractivity contribution < 1.29 is 29.6 Å². The summed E-state index contributed by atoms with van der Waals surface area (Å²) in [6.07, 6.45) is 2.63. The maximum absolute atomic E-state index is 14.0. The number of carbonyl (C=O) groups is 2. The minimum Gasteiger partial charge on any atom is -0.451 e. The lowest BCUT2D eigenvalue weighted by Gasteiger charge is -2.48. The molecule has 186 valence electrons. The van der Waals surface area contributed by atoms with Crippen LogP contribution in [0.1, 0.15) is 46.1 Å². The molecular weight excluding hydrogens is 444 g/mol. The molecule has 4 aliphatic rings. The molecule has 1 spiro atoms. The number of rotatable bonds is 4. The number of hydrogen-bond donors (Lipinski definition) is 3. The lowest BCUT2D eigenvalue weighted by Crippen LogP contribution is -2.65. The van der Waals surface area contributed by atoms with Crippen molar-refractivity contribution in [1.82, 2.24) is 0 Å². The van der Waals surface area contributed by atoms with Gasteiger partial charge in [-0.25, -0.2) is 4.79 Å². The van der Waals surface area contributed by atoms with E-state index in [9.17, 15) is 24.9 Å².